The molecule has 2 aromatic rings. The second-order valence-corrected chi connectivity index (χ2v) is 13.2. The Balaban J connectivity index is 1.81. The molecule has 0 aliphatic carbocycles. The van der Waals surface area contributed by atoms with Crippen molar-refractivity contribution in [2.24, 2.45) is 0 Å². The third-order valence-electron chi connectivity index (χ3n) is 6.78. The number of hydrogen-bond acceptors (Lipinski definition) is 13. The minimum atomic E-state index is -0.913. The molecule has 14 heteroatoms. The number of carbonyl (C=O) groups excluding carboxylic acids is 2. The molecule has 0 unspecified atom stereocenters. The van der Waals surface area contributed by atoms with Crippen LogP contribution in [0.25, 0.3) is 11.4 Å². The molecule has 1 fully saturated rings. The third kappa shape index (κ3) is 14.4. The molecule has 0 amide bonds. The number of carboxylic acids is 1. The zero-order valence-corrected chi connectivity index (χ0v) is 27.4. The molecular formula is C31H48N8O6. The van der Waals surface area contributed by atoms with Crippen molar-refractivity contribution in [3.8, 4) is 11.4 Å². The van der Waals surface area contributed by atoms with Gasteiger partial charge in [-0.25, -0.2) is 9.97 Å². The lowest BCUT2D eigenvalue weighted by atomic mass is 10.2. The molecule has 1 aliphatic rings. The predicted octanol–water partition coefficient (Wildman–Crippen LogP) is 1.42. The maximum atomic E-state index is 12.9. The highest BCUT2D eigenvalue weighted by atomic mass is 16.6. The van der Waals surface area contributed by atoms with Crippen LogP contribution in [-0.4, -0.2) is 146 Å². The van der Waals surface area contributed by atoms with E-state index in [1.807, 2.05) is 74.4 Å². The Bertz CT molecular complexity index is 1250. The fourth-order valence-corrected chi connectivity index (χ4v) is 4.83. The predicted molar refractivity (Wildman–Crippen MR) is 167 cm³/mol. The first-order valence-corrected chi connectivity index (χ1v) is 15.3. The number of nitrogens with zero attached hydrogens (tertiary/aromatic N) is 8. The number of aliphatic carboxylic acids is 1. The van der Waals surface area contributed by atoms with E-state index in [0.717, 1.165) is 5.69 Å². The first-order chi connectivity index (χ1) is 21.1. The number of hydrogen-bond donors (Lipinski definition) is 1. The summed E-state index contributed by atoms with van der Waals surface area (Å²) in [5.41, 5.74) is 0.895. The molecule has 1 N–H and O–H groups in total. The van der Waals surface area contributed by atoms with Crippen LogP contribution in [0.2, 0.25) is 0 Å². The van der Waals surface area contributed by atoms with Gasteiger partial charge < -0.3 is 14.6 Å². The van der Waals surface area contributed by atoms with E-state index in [-0.39, 0.29) is 31.6 Å². The standard InChI is InChI=1S/C31H48N8O6/c1-30(2,3)44-28(42)21-38-14-11-36(19-24-8-7-9-25(35-24)26-18-33-34-23-32-26)10-12-37(20-27(40)41)13-15-39(17-16-38)22-29(43)45-31(4,5)6/h7-9,18,23H,10-17,19-22H2,1-6H3,(H,40,41). The van der Waals surface area contributed by atoms with Crippen molar-refractivity contribution >= 4 is 17.9 Å². The summed E-state index contributed by atoms with van der Waals surface area (Å²) in [4.78, 5) is 54.4. The number of rotatable bonds is 9. The topological polar surface area (TPSA) is 154 Å². The van der Waals surface area contributed by atoms with E-state index in [9.17, 15) is 19.5 Å². The Kier molecular flexibility index (Phi) is 13.3. The fraction of sp³-hybridized carbons (Fsp3) is 0.645. The van der Waals surface area contributed by atoms with Crippen LogP contribution in [0, 0.1) is 0 Å². The summed E-state index contributed by atoms with van der Waals surface area (Å²) in [5, 5.41) is 17.2. The Hall–Kier alpha value is -3.59. The third-order valence-corrected chi connectivity index (χ3v) is 6.78. The monoisotopic (exact) mass is 628 g/mol. The van der Waals surface area contributed by atoms with Crippen LogP contribution in [0.1, 0.15) is 47.2 Å². The van der Waals surface area contributed by atoms with Gasteiger partial charge in [-0.1, -0.05) is 6.07 Å². The second kappa shape index (κ2) is 16.6. The van der Waals surface area contributed by atoms with E-state index in [0.29, 0.717) is 70.3 Å². The van der Waals surface area contributed by atoms with Crippen LogP contribution >= 0.6 is 0 Å². The molecule has 3 rings (SSSR count). The summed E-state index contributed by atoms with van der Waals surface area (Å²) in [6, 6.07) is 5.72. The number of aromatic nitrogens is 4. The SMILES string of the molecule is CC(C)(C)OC(=O)CN1CCN(CC(=O)O)CCN(Cc2cccc(-c3cnncn3)n2)CCN(CC(=O)OC(C)(C)C)CC1. The van der Waals surface area contributed by atoms with E-state index in [1.165, 1.54) is 6.33 Å². The molecule has 2 aromatic heterocycles. The van der Waals surface area contributed by atoms with Crippen molar-refractivity contribution in [3.05, 3.63) is 36.4 Å². The van der Waals surface area contributed by atoms with Crippen LogP contribution in [0.15, 0.2) is 30.7 Å². The zero-order valence-electron chi connectivity index (χ0n) is 27.4. The van der Waals surface area contributed by atoms with Gasteiger partial charge in [0.25, 0.3) is 0 Å². The van der Waals surface area contributed by atoms with Gasteiger partial charge in [0.2, 0.25) is 0 Å². The van der Waals surface area contributed by atoms with Crippen molar-refractivity contribution in [2.75, 3.05) is 72.0 Å². The van der Waals surface area contributed by atoms with Crippen molar-refractivity contribution in [1.29, 1.82) is 0 Å². The van der Waals surface area contributed by atoms with Gasteiger partial charge in [0.15, 0.2) is 0 Å². The van der Waals surface area contributed by atoms with Crippen molar-refractivity contribution in [2.45, 2.75) is 59.3 Å². The van der Waals surface area contributed by atoms with Gasteiger partial charge in [-0.05, 0) is 53.7 Å². The highest BCUT2D eigenvalue weighted by molar-refractivity contribution is 5.72. The molecule has 0 bridgehead atoms. The lowest BCUT2D eigenvalue weighted by Gasteiger charge is -2.34. The summed E-state index contributed by atoms with van der Waals surface area (Å²) in [5.74, 6) is -1.58. The number of carboxylic acid groups (broad SMARTS) is 1. The van der Waals surface area contributed by atoms with Gasteiger partial charge in [0.1, 0.15) is 23.2 Å². The van der Waals surface area contributed by atoms with Crippen molar-refractivity contribution in [3.63, 3.8) is 0 Å². The summed E-state index contributed by atoms with van der Waals surface area (Å²) in [6.45, 7) is 15.7. The van der Waals surface area contributed by atoms with E-state index in [2.05, 4.69) is 20.1 Å². The number of esters is 2. The number of carbonyl (C=O) groups is 3. The van der Waals surface area contributed by atoms with Gasteiger partial charge in [-0.3, -0.25) is 34.0 Å². The number of pyridine rings is 1. The Morgan fingerprint density at radius 1 is 0.711 bits per heavy atom. The van der Waals surface area contributed by atoms with E-state index < -0.39 is 17.2 Å². The van der Waals surface area contributed by atoms with Crippen LogP contribution in [0.3, 0.4) is 0 Å². The lowest BCUT2D eigenvalue weighted by Crippen LogP contribution is -2.49. The van der Waals surface area contributed by atoms with Crippen molar-refractivity contribution in [1.82, 2.24) is 39.8 Å². The molecule has 0 saturated carbocycles. The molecule has 0 aromatic carbocycles. The first-order valence-electron chi connectivity index (χ1n) is 15.3. The van der Waals surface area contributed by atoms with Crippen LogP contribution in [0.4, 0.5) is 0 Å². The quantitative estimate of drug-likeness (QED) is 0.398. The molecule has 3 heterocycles. The normalized spacial score (nSPS) is 17.2. The van der Waals surface area contributed by atoms with Crippen LogP contribution in [0.5, 0.6) is 0 Å². The molecular weight excluding hydrogens is 580 g/mol. The summed E-state index contributed by atoms with van der Waals surface area (Å²) in [6.07, 6.45) is 2.94. The molecule has 0 radical (unpaired) electrons. The summed E-state index contributed by atoms with van der Waals surface area (Å²) in [7, 11) is 0. The van der Waals surface area contributed by atoms with E-state index in [4.69, 9.17) is 14.5 Å². The molecule has 45 heavy (non-hydrogen) atoms. The Morgan fingerprint density at radius 2 is 1.20 bits per heavy atom. The Morgan fingerprint density at radius 3 is 1.64 bits per heavy atom. The second-order valence-electron chi connectivity index (χ2n) is 13.2. The molecule has 248 valence electrons. The van der Waals surface area contributed by atoms with Crippen LogP contribution in [-0.2, 0) is 30.4 Å². The average Bonchev–Trinajstić information content (AvgIpc) is 2.92. The maximum absolute atomic E-state index is 12.9. The van der Waals surface area contributed by atoms with Crippen LogP contribution < -0.4 is 0 Å². The van der Waals surface area contributed by atoms with Gasteiger partial charge in [0, 0.05) is 58.9 Å². The average molecular weight is 629 g/mol. The molecule has 0 spiro atoms. The first kappa shape index (κ1) is 35.9. The molecule has 1 aliphatic heterocycles. The lowest BCUT2D eigenvalue weighted by molar-refractivity contribution is -0.158. The highest BCUT2D eigenvalue weighted by Crippen LogP contribution is 2.15. The maximum Gasteiger partial charge on any atom is 0.320 e. The molecule has 0 atom stereocenters. The van der Waals surface area contributed by atoms with E-state index in [1.54, 1.807) is 6.20 Å². The summed E-state index contributed by atoms with van der Waals surface area (Å²) < 4.78 is 11.2. The highest BCUT2D eigenvalue weighted by Gasteiger charge is 2.24. The molecule has 14 nitrogen and oxygen atoms in total. The smallest absolute Gasteiger partial charge is 0.320 e. The fourth-order valence-electron chi connectivity index (χ4n) is 4.83. The summed E-state index contributed by atoms with van der Waals surface area (Å²) >= 11 is 0. The Labute approximate surface area is 265 Å². The number of ether oxygens (including phenoxy) is 2. The van der Waals surface area contributed by atoms with Crippen molar-refractivity contribution < 1.29 is 29.0 Å². The minimum Gasteiger partial charge on any atom is -0.480 e. The van der Waals surface area contributed by atoms with Gasteiger partial charge in [0.05, 0.1) is 37.2 Å². The zero-order chi connectivity index (χ0) is 33.0. The van der Waals surface area contributed by atoms with Gasteiger partial charge in [-0.15, -0.1) is 5.10 Å². The molecule has 1 saturated heterocycles. The largest absolute Gasteiger partial charge is 0.480 e. The van der Waals surface area contributed by atoms with Gasteiger partial charge >= 0.3 is 17.9 Å². The van der Waals surface area contributed by atoms with Gasteiger partial charge in [-0.2, -0.15) is 5.10 Å². The van der Waals surface area contributed by atoms with E-state index >= 15 is 0 Å². The minimum absolute atomic E-state index is 0.0639.